The fraction of sp³-hybridized carbons (Fsp3) is 0.0909. The van der Waals surface area contributed by atoms with Crippen molar-refractivity contribution in [2.45, 2.75) is 18.6 Å². The Morgan fingerprint density at radius 1 is 0.585 bits per heavy atom. The molecule has 8 N–H and O–H groups in total. The molecule has 27 heteroatoms. The maximum atomic E-state index is 13.3. The average molecular weight is 1110 g/mol. The summed E-state index contributed by atoms with van der Waals surface area (Å²) in [6, 6.07) is 28.0. The zero-order valence-corrected chi connectivity index (χ0v) is 41.5. The van der Waals surface area contributed by atoms with Gasteiger partial charge in [0.05, 0.1) is 11.1 Å². The molecule has 82 heavy (non-hydrogen) atoms. The Kier molecular flexibility index (Phi) is 12.5. The summed E-state index contributed by atoms with van der Waals surface area (Å²) in [7, 11) is 2.83. The van der Waals surface area contributed by atoms with Crippen LogP contribution < -0.4 is 31.9 Å². The summed E-state index contributed by atoms with van der Waals surface area (Å²) in [6.45, 7) is 0. The fourth-order valence-electron chi connectivity index (χ4n) is 9.77. The highest BCUT2D eigenvalue weighted by atomic mass is 16.6. The molecule has 0 unspecified atom stereocenters. The number of terminal acetylenes is 1. The number of esters is 2. The first-order valence-electron chi connectivity index (χ1n) is 23.9. The molecule has 0 saturated carbocycles. The predicted octanol–water partition coefficient (Wildman–Crippen LogP) is 4.71. The van der Waals surface area contributed by atoms with Crippen LogP contribution in [0.3, 0.4) is 0 Å². The summed E-state index contributed by atoms with van der Waals surface area (Å²) in [4.78, 5) is 80.6. The second kappa shape index (κ2) is 19.7. The van der Waals surface area contributed by atoms with E-state index in [9.17, 15) is 49.2 Å². The van der Waals surface area contributed by atoms with E-state index in [1.807, 2.05) is 0 Å². The number of nitrogens with zero attached hydrogens (tertiary/aromatic N) is 10. The summed E-state index contributed by atoms with van der Waals surface area (Å²) < 4.78 is 33.6. The second-order valence-corrected chi connectivity index (χ2v) is 18.0. The Morgan fingerprint density at radius 3 is 1.39 bits per heavy atom. The van der Waals surface area contributed by atoms with Crippen molar-refractivity contribution in [3.05, 3.63) is 199 Å². The summed E-state index contributed by atoms with van der Waals surface area (Å²) in [5.74, 6) is -1.90. The lowest BCUT2D eigenvalue weighted by molar-refractivity contribution is 0.0214. The van der Waals surface area contributed by atoms with E-state index in [0.29, 0.717) is 56.1 Å². The number of aromatic nitrogens is 10. The van der Waals surface area contributed by atoms with Gasteiger partial charge in [-0.3, -0.25) is 4.79 Å². The normalized spacial score (nSPS) is 13.7. The van der Waals surface area contributed by atoms with E-state index in [-0.39, 0.29) is 75.9 Å². The topological polar surface area (TPSA) is 375 Å². The molecule has 2 spiro atoms. The van der Waals surface area contributed by atoms with Crippen LogP contribution in [-0.4, -0.2) is 98.1 Å². The molecule has 4 aliphatic rings. The van der Waals surface area contributed by atoms with Crippen LogP contribution in [-0.2, 0) is 34.8 Å². The summed E-state index contributed by atoms with van der Waals surface area (Å²) in [5, 5.41) is 65.7. The van der Waals surface area contributed by atoms with Gasteiger partial charge in [0.25, 0.3) is 5.91 Å². The molecule has 0 atom stereocenters. The van der Waals surface area contributed by atoms with Gasteiger partial charge in [-0.25, -0.2) is 42.7 Å². The Balaban J connectivity index is 0.000000150. The number of aromatic hydroxyl groups is 4. The number of ether oxygens (including phenoxy) is 4. The first-order chi connectivity index (χ1) is 39.3. The number of carboxylic acids is 1. The minimum atomic E-state index is -1.42. The number of phenols is 4. The molecule has 0 bridgehead atoms. The van der Waals surface area contributed by atoms with Gasteiger partial charge < -0.3 is 55.5 Å². The molecule has 0 fully saturated rings. The molecule has 6 aromatic carbocycles. The van der Waals surface area contributed by atoms with Gasteiger partial charge in [-0.1, -0.05) is 30.0 Å². The van der Waals surface area contributed by atoms with Crippen LogP contribution in [0.2, 0.25) is 0 Å². The number of aryl methyl sites for hydroxylation is 2. The van der Waals surface area contributed by atoms with Crippen molar-refractivity contribution in [3.8, 4) is 58.8 Å². The number of nitrogens with two attached hydrogens (primary N) is 1. The molecule has 410 valence electrons. The van der Waals surface area contributed by atoms with Crippen LogP contribution in [0.5, 0.6) is 46.0 Å². The van der Waals surface area contributed by atoms with Crippen molar-refractivity contribution in [2.24, 2.45) is 14.1 Å². The Bertz CT molecular complexity index is 4480. The molecule has 0 saturated heterocycles. The van der Waals surface area contributed by atoms with E-state index in [2.05, 4.69) is 42.3 Å². The number of nitrogens with one attached hydrogen (secondary N) is 1. The molecule has 14 rings (SSSR count). The maximum absolute atomic E-state index is 13.3. The Labute approximate surface area is 460 Å². The van der Waals surface area contributed by atoms with E-state index in [0.717, 1.165) is 24.5 Å². The number of rotatable bonds is 3. The van der Waals surface area contributed by atoms with E-state index in [4.69, 9.17) is 31.2 Å². The average Bonchev–Trinajstić information content (AvgIpc) is 4.10. The highest BCUT2D eigenvalue weighted by Gasteiger charge is 2.55. The van der Waals surface area contributed by atoms with E-state index in [1.54, 1.807) is 54.6 Å². The molecule has 4 aliphatic heterocycles. The van der Waals surface area contributed by atoms with Gasteiger partial charge in [0.1, 0.15) is 60.0 Å². The van der Waals surface area contributed by atoms with Crippen LogP contribution >= 0.6 is 0 Å². The van der Waals surface area contributed by atoms with Crippen LogP contribution in [0.25, 0.3) is 11.3 Å². The van der Waals surface area contributed by atoms with E-state index >= 15 is 0 Å². The monoisotopic (exact) mass is 1110 g/mol. The molecule has 0 radical (unpaired) electrons. The molecular weight excluding hydrogens is 1070 g/mol. The zero-order chi connectivity index (χ0) is 58.1. The van der Waals surface area contributed by atoms with Crippen molar-refractivity contribution in [1.29, 1.82) is 0 Å². The fourth-order valence-corrected chi connectivity index (χ4v) is 9.77. The number of anilines is 2. The van der Waals surface area contributed by atoms with Crippen LogP contribution in [0, 0.1) is 12.8 Å². The van der Waals surface area contributed by atoms with Gasteiger partial charge in [-0.15, -0.1) is 23.0 Å². The lowest BCUT2D eigenvalue weighted by Crippen LogP contribution is -2.32. The summed E-state index contributed by atoms with van der Waals surface area (Å²) in [6.07, 6.45) is 8.05. The number of carbonyl (C=O) groups excluding carboxylic acids is 3. The van der Waals surface area contributed by atoms with Crippen molar-refractivity contribution in [3.63, 3.8) is 0 Å². The lowest BCUT2D eigenvalue weighted by atomic mass is 9.77. The molecule has 8 heterocycles. The van der Waals surface area contributed by atoms with Crippen LogP contribution in [0.15, 0.2) is 131 Å². The molecular formula is C55H40N12O15. The van der Waals surface area contributed by atoms with Gasteiger partial charge >= 0.3 is 29.3 Å². The predicted molar refractivity (Wildman–Crippen MR) is 284 cm³/mol. The lowest BCUT2D eigenvalue weighted by Gasteiger charge is -2.36. The number of benzene rings is 6. The van der Waals surface area contributed by atoms with E-state index < -0.39 is 46.4 Å². The minimum Gasteiger partial charge on any atom is -0.508 e. The quantitative estimate of drug-likeness (QED) is 0.0715. The number of aromatic carboxylic acids is 1. The first kappa shape index (κ1) is 52.0. The third-order valence-corrected chi connectivity index (χ3v) is 13.2. The van der Waals surface area contributed by atoms with Crippen molar-refractivity contribution in [2.75, 3.05) is 11.1 Å². The van der Waals surface area contributed by atoms with Crippen LogP contribution in [0.4, 0.5) is 11.4 Å². The number of nitrogen functional groups attached to an aromatic ring is 1. The van der Waals surface area contributed by atoms with Crippen molar-refractivity contribution < 1.29 is 65.0 Å². The SMILES string of the molecule is C.Cn1nnc2c(C(=O)Nc3ccc4c(c3)C(=O)OC43c4ccc(O)cc4Oc4cc(O)ccc43)ncn2c1=O.Cn1nnc2c(C(=O)O)ncn2c1=O.Nc1ccc2c(c1)C(=O)OC21c2ccc(O)cc2Oc2cc(O)ccc21.[2H]C#C. The van der Waals surface area contributed by atoms with Crippen molar-refractivity contribution in [1.82, 2.24) is 48.8 Å². The number of phenolic OH excluding ortho intramolecular Hbond substituents is 4. The Hall–Kier alpha value is -12.1. The van der Waals surface area contributed by atoms with Gasteiger partial charge in [-0.05, 0) is 72.8 Å². The molecule has 4 aromatic heterocycles. The third-order valence-electron chi connectivity index (χ3n) is 13.2. The number of hydrogen-bond donors (Lipinski definition) is 7. The minimum absolute atomic E-state index is 0. The number of fused-ring (bicyclic) bond motifs is 14. The smallest absolute Gasteiger partial charge is 0.358 e. The molecule has 0 aliphatic carbocycles. The van der Waals surface area contributed by atoms with Crippen molar-refractivity contribution >= 4 is 46.5 Å². The second-order valence-electron chi connectivity index (χ2n) is 18.0. The third kappa shape index (κ3) is 8.26. The van der Waals surface area contributed by atoms with Gasteiger partial charge in [0.2, 0.25) is 0 Å². The van der Waals surface area contributed by atoms with Crippen LogP contribution in [0.1, 0.15) is 83.9 Å². The number of imidazole rings is 2. The molecule has 27 nitrogen and oxygen atoms in total. The summed E-state index contributed by atoms with van der Waals surface area (Å²) >= 11 is 0. The highest BCUT2D eigenvalue weighted by molar-refractivity contribution is 6.08. The van der Waals surface area contributed by atoms with E-state index in [1.165, 1.54) is 81.4 Å². The largest absolute Gasteiger partial charge is 0.508 e. The molecule has 10 aromatic rings. The molecule has 1 amide bonds. The standard InChI is InChI=1S/C26H16N6O7.C20H13NO5.C6H5N5O3.C2H2.CH4/c1-31-25(37)32-11-27-21(22(32)29-30-31)23(35)28-12-2-5-16-15(8-12)24(36)39-26(16)17-6-3-13(33)9-19(17)38-20-10-14(34)4-7-18(20)26;21-10-1-4-14-13(7-10)19(24)26-20(14)15-5-2-11(22)8-17(15)25-18-9-12(23)3-6-16(18)20;1-10-6(14)11-2-7-3(5(12)13)4(11)8-9-10;1-2;/h2-11,33-34H,1H3,(H,28,35);1-9,22-23H,21H2;2H,1H3,(H,12,13);1-2H;1H4/i;;;1D;. The zero-order valence-electron chi connectivity index (χ0n) is 42.5. The Morgan fingerprint density at radius 2 is 0.963 bits per heavy atom. The summed E-state index contributed by atoms with van der Waals surface area (Å²) in [5.41, 5.74) is 6.26. The van der Waals surface area contributed by atoms with Gasteiger partial charge in [-0.2, -0.15) is 9.36 Å². The van der Waals surface area contributed by atoms with Gasteiger partial charge in [0, 0.05) is 83.1 Å². The number of amides is 1. The number of hydrogen-bond acceptors (Lipinski definition) is 21. The van der Waals surface area contributed by atoms with Gasteiger partial charge in [0.15, 0.2) is 33.9 Å². The number of carboxylic acid groups (broad SMARTS) is 1. The first-order valence-corrected chi connectivity index (χ1v) is 23.4. The number of carbonyl (C=O) groups is 4. The maximum Gasteiger partial charge on any atom is 0.358 e. The highest BCUT2D eigenvalue weighted by Crippen LogP contribution is 2.59.